The van der Waals surface area contributed by atoms with Crippen molar-refractivity contribution in [2.45, 2.75) is 13.5 Å². The highest BCUT2D eigenvalue weighted by Gasteiger charge is 2.04. The molecule has 0 atom stereocenters. The molecular weight excluding hydrogens is 226 g/mol. The first-order valence-electron chi connectivity index (χ1n) is 4.80. The summed E-state index contributed by atoms with van der Waals surface area (Å²) < 4.78 is 0. The Hall–Kier alpha value is -1.75. The fourth-order valence-corrected chi connectivity index (χ4v) is 1.56. The molecule has 4 N–H and O–H groups in total. The summed E-state index contributed by atoms with van der Waals surface area (Å²) in [6.07, 6.45) is 3.34. The predicted molar refractivity (Wildman–Crippen MR) is 64.3 cm³/mol. The van der Waals surface area contributed by atoms with E-state index in [2.05, 4.69) is 20.5 Å². The lowest BCUT2D eigenvalue weighted by atomic mass is 10.2. The van der Waals surface area contributed by atoms with Crippen LogP contribution in [-0.4, -0.2) is 15.2 Å². The molecule has 84 valence electrons. The van der Waals surface area contributed by atoms with Gasteiger partial charge in [-0.3, -0.25) is 5.10 Å². The van der Waals surface area contributed by atoms with Crippen LogP contribution in [-0.2, 0) is 6.54 Å². The lowest BCUT2D eigenvalue weighted by Crippen LogP contribution is -2.02. The van der Waals surface area contributed by atoms with Crippen LogP contribution in [0.2, 0.25) is 5.02 Å². The molecule has 5 nitrogen and oxygen atoms in total. The van der Waals surface area contributed by atoms with Crippen molar-refractivity contribution in [3.63, 3.8) is 0 Å². The molecule has 0 bridgehead atoms. The SMILES string of the molecule is Cc1[nH]ncc1CNc1ncc(N)cc1Cl. The second kappa shape index (κ2) is 4.40. The van der Waals surface area contributed by atoms with Gasteiger partial charge in [-0.1, -0.05) is 11.6 Å². The van der Waals surface area contributed by atoms with Gasteiger partial charge >= 0.3 is 0 Å². The molecule has 0 radical (unpaired) electrons. The number of nitrogens with one attached hydrogen (secondary N) is 2. The number of aromatic amines is 1. The number of halogens is 1. The van der Waals surface area contributed by atoms with Gasteiger partial charge in [0.15, 0.2) is 0 Å². The van der Waals surface area contributed by atoms with E-state index in [4.69, 9.17) is 17.3 Å². The van der Waals surface area contributed by atoms with Gasteiger partial charge in [0.25, 0.3) is 0 Å². The van der Waals surface area contributed by atoms with Crippen LogP contribution in [0.5, 0.6) is 0 Å². The molecule has 2 aromatic rings. The van der Waals surface area contributed by atoms with E-state index in [1.54, 1.807) is 18.5 Å². The van der Waals surface area contributed by atoms with Gasteiger partial charge in [-0.25, -0.2) is 4.98 Å². The van der Waals surface area contributed by atoms with Crippen LogP contribution in [0.1, 0.15) is 11.3 Å². The Bertz CT molecular complexity index is 494. The van der Waals surface area contributed by atoms with Crippen molar-refractivity contribution < 1.29 is 0 Å². The molecule has 0 aliphatic rings. The van der Waals surface area contributed by atoms with Gasteiger partial charge in [-0.05, 0) is 13.0 Å². The number of anilines is 2. The number of aryl methyl sites for hydroxylation is 1. The summed E-state index contributed by atoms with van der Waals surface area (Å²) in [7, 11) is 0. The minimum atomic E-state index is 0.515. The molecule has 0 spiro atoms. The Morgan fingerprint density at radius 2 is 2.31 bits per heavy atom. The van der Waals surface area contributed by atoms with Crippen LogP contribution < -0.4 is 11.1 Å². The maximum Gasteiger partial charge on any atom is 0.145 e. The second-order valence-corrected chi connectivity index (χ2v) is 3.88. The molecule has 2 heterocycles. The van der Waals surface area contributed by atoms with Crippen molar-refractivity contribution >= 4 is 23.1 Å². The van der Waals surface area contributed by atoms with E-state index in [-0.39, 0.29) is 0 Å². The van der Waals surface area contributed by atoms with Gasteiger partial charge in [0, 0.05) is 17.8 Å². The largest absolute Gasteiger partial charge is 0.397 e. The Balaban J connectivity index is 2.08. The number of nitrogen functional groups attached to an aromatic ring is 1. The Morgan fingerprint density at radius 1 is 1.50 bits per heavy atom. The fraction of sp³-hybridized carbons (Fsp3) is 0.200. The molecule has 0 saturated carbocycles. The second-order valence-electron chi connectivity index (χ2n) is 3.47. The van der Waals surface area contributed by atoms with Crippen LogP contribution >= 0.6 is 11.6 Å². The first-order chi connectivity index (χ1) is 7.66. The average Bonchev–Trinajstić information content (AvgIpc) is 2.63. The van der Waals surface area contributed by atoms with Crippen molar-refractivity contribution in [3.05, 3.63) is 34.7 Å². The van der Waals surface area contributed by atoms with E-state index in [9.17, 15) is 0 Å². The highest BCUT2D eigenvalue weighted by Crippen LogP contribution is 2.21. The zero-order chi connectivity index (χ0) is 11.5. The van der Waals surface area contributed by atoms with Gasteiger partial charge in [-0.2, -0.15) is 5.10 Å². The predicted octanol–water partition coefficient (Wildman–Crippen LogP) is 1.96. The monoisotopic (exact) mass is 237 g/mol. The summed E-state index contributed by atoms with van der Waals surface area (Å²) in [6.45, 7) is 2.58. The topological polar surface area (TPSA) is 79.6 Å². The number of aromatic nitrogens is 3. The normalized spacial score (nSPS) is 10.4. The van der Waals surface area contributed by atoms with E-state index < -0.39 is 0 Å². The van der Waals surface area contributed by atoms with Crippen molar-refractivity contribution in [2.75, 3.05) is 11.1 Å². The maximum atomic E-state index is 5.98. The van der Waals surface area contributed by atoms with Crippen LogP contribution in [0.4, 0.5) is 11.5 Å². The van der Waals surface area contributed by atoms with Crippen molar-refractivity contribution in [1.29, 1.82) is 0 Å². The van der Waals surface area contributed by atoms with Crippen LogP contribution in [0.15, 0.2) is 18.5 Å². The van der Waals surface area contributed by atoms with E-state index in [0.29, 0.717) is 23.1 Å². The molecule has 0 aromatic carbocycles. The molecule has 0 amide bonds. The molecule has 0 aliphatic carbocycles. The molecule has 6 heteroatoms. The van der Waals surface area contributed by atoms with Crippen molar-refractivity contribution in [1.82, 2.24) is 15.2 Å². The third-order valence-electron chi connectivity index (χ3n) is 2.24. The summed E-state index contributed by atoms with van der Waals surface area (Å²) in [5, 5.41) is 10.4. The van der Waals surface area contributed by atoms with E-state index in [1.807, 2.05) is 6.92 Å². The summed E-state index contributed by atoms with van der Waals surface area (Å²) in [4.78, 5) is 4.11. The van der Waals surface area contributed by atoms with Crippen molar-refractivity contribution in [2.24, 2.45) is 0 Å². The number of H-pyrrole nitrogens is 1. The summed E-state index contributed by atoms with van der Waals surface area (Å²) in [5.41, 5.74) is 8.21. The van der Waals surface area contributed by atoms with Gasteiger partial charge in [-0.15, -0.1) is 0 Å². The van der Waals surface area contributed by atoms with E-state index >= 15 is 0 Å². The number of nitrogens with two attached hydrogens (primary N) is 1. The maximum absolute atomic E-state index is 5.98. The minimum absolute atomic E-state index is 0.515. The summed E-state index contributed by atoms with van der Waals surface area (Å²) in [6, 6.07) is 1.67. The quantitative estimate of drug-likeness (QED) is 0.763. The molecule has 0 fully saturated rings. The molecule has 0 saturated heterocycles. The zero-order valence-electron chi connectivity index (χ0n) is 8.79. The van der Waals surface area contributed by atoms with Gasteiger partial charge in [0.2, 0.25) is 0 Å². The number of hydrogen-bond donors (Lipinski definition) is 3. The van der Waals surface area contributed by atoms with Crippen LogP contribution in [0, 0.1) is 6.92 Å². The Labute approximate surface area is 98.0 Å². The molecule has 2 rings (SSSR count). The van der Waals surface area contributed by atoms with Gasteiger partial charge < -0.3 is 11.1 Å². The number of pyridine rings is 1. The first kappa shape index (κ1) is 10.8. The summed E-state index contributed by atoms with van der Waals surface area (Å²) in [5.74, 6) is 0.622. The smallest absolute Gasteiger partial charge is 0.145 e. The number of nitrogens with zero attached hydrogens (tertiary/aromatic N) is 2. The molecule has 2 aromatic heterocycles. The molecule has 16 heavy (non-hydrogen) atoms. The van der Waals surface area contributed by atoms with Gasteiger partial charge in [0.1, 0.15) is 5.82 Å². The summed E-state index contributed by atoms with van der Waals surface area (Å²) >= 11 is 5.98. The lowest BCUT2D eigenvalue weighted by molar-refractivity contribution is 1.04. The lowest BCUT2D eigenvalue weighted by Gasteiger charge is -2.06. The molecule has 0 unspecified atom stereocenters. The van der Waals surface area contributed by atoms with E-state index in [0.717, 1.165) is 11.3 Å². The average molecular weight is 238 g/mol. The first-order valence-corrected chi connectivity index (χ1v) is 5.18. The number of hydrogen-bond acceptors (Lipinski definition) is 4. The molecular formula is C10H12ClN5. The minimum Gasteiger partial charge on any atom is -0.397 e. The third-order valence-corrected chi connectivity index (χ3v) is 2.53. The van der Waals surface area contributed by atoms with Crippen LogP contribution in [0.3, 0.4) is 0 Å². The standard InChI is InChI=1S/C10H12ClN5/c1-6-7(4-15-16-6)3-13-10-9(11)2-8(12)5-14-10/h2,4-5H,3,12H2,1H3,(H,13,14)(H,15,16). The Kier molecular flexibility index (Phi) is 2.96. The van der Waals surface area contributed by atoms with Gasteiger partial charge in [0.05, 0.1) is 23.1 Å². The Morgan fingerprint density at radius 3 is 2.94 bits per heavy atom. The highest BCUT2D eigenvalue weighted by molar-refractivity contribution is 6.33. The van der Waals surface area contributed by atoms with E-state index in [1.165, 1.54) is 0 Å². The fourth-order valence-electron chi connectivity index (χ4n) is 1.32. The third kappa shape index (κ3) is 2.25. The van der Waals surface area contributed by atoms with Crippen molar-refractivity contribution in [3.8, 4) is 0 Å². The number of rotatable bonds is 3. The zero-order valence-corrected chi connectivity index (χ0v) is 9.54. The molecule has 0 aliphatic heterocycles. The van der Waals surface area contributed by atoms with Crippen LogP contribution in [0.25, 0.3) is 0 Å². The highest BCUT2D eigenvalue weighted by atomic mass is 35.5.